The van der Waals surface area contributed by atoms with E-state index in [1.807, 2.05) is 11.3 Å². The van der Waals surface area contributed by atoms with E-state index in [0.717, 1.165) is 13.0 Å². The maximum absolute atomic E-state index is 6.01. The quantitative estimate of drug-likeness (QED) is 0.840. The molecule has 1 saturated heterocycles. The molecule has 0 radical (unpaired) electrons. The second-order valence-corrected chi connectivity index (χ2v) is 5.94. The number of nitrogens with one attached hydrogen (secondary N) is 1. The van der Waals surface area contributed by atoms with Gasteiger partial charge in [0.25, 0.3) is 0 Å². The minimum atomic E-state index is 0.402. The van der Waals surface area contributed by atoms with Gasteiger partial charge in [-0.2, -0.15) is 0 Å². The number of thiophene rings is 1. The minimum Gasteiger partial charge on any atom is -0.374 e. The van der Waals surface area contributed by atoms with E-state index in [4.69, 9.17) is 4.74 Å². The first-order valence-corrected chi connectivity index (χ1v) is 7.58. The third-order valence-corrected chi connectivity index (χ3v) is 4.27. The molecule has 1 aliphatic heterocycles. The molecule has 0 aliphatic carbocycles. The Balaban J connectivity index is 1.92. The molecule has 0 saturated carbocycles. The molecule has 1 fully saturated rings. The summed E-state index contributed by atoms with van der Waals surface area (Å²) in [4.78, 5) is 1.46. The van der Waals surface area contributed by atoms with Crippen LogP contribution in [0.4, 0.5) is 0 Å². The Morgan fingerprint density at radius 2 is 2.41 bits per heavy atom. The second-order valence-electron chi connectivity index (χ2n) is 4.91. The zero-order valence-electron chi connectivity index (χ0n) is 10.8. The van der Waals surface area contributed by atoms with Gasteiger partial charge in [-0.3, -0.25) is 0 Å². The molecule has 1 aliphatic rings. The monoisotopic (exact) mass is 253 g/mol. The van der Waals surface area contributed by atoms with Crippen LogP contribution in [0, 0.1) is 0 Å². The van der Waals surface area contributed by atoms with Crippen molar-refractivity contribution >= 4 is 11.3 Å². The van der Waals surface area contributed by atoms with E-state index >= 15 is 0 Å². The zero-order chi connectivity index (χ0) is 12.1. The average Bonchev–Trinajstić information content (AvgIpc) is 2.95. The fraction of sp³-hybridized carbons (Fsp3) is 0.714. The van der Waals surface area contributed by atoms with Gasteiger partial charge in [-0.1, -0.05) is 13.0 Å². The molecule has 0 bridgehead atoms. The summed E-state index contributed by atoms with van der Waals surface area (Å²) in [5.41, 5.74) is 0. The van der Waals surface area contributed by atoms with Gasteiger partial charge >= 0.3 is 0 Å². The Morgan fingerprint density at radius 1 is 1.53 bits per heavy atom. The Kier molecular flexibility index (Phi) is 5.01. The molecule has 3 heteroatoms. The van der Waals surface area contributed by atoms with Gasteiger partial charge in [-0.25, -0.2) is 0 Å². The second kappa shape index (κ2) is 6.53. The lowest BCUT2D eigenvalue weighted by atomic mass is 10.0. The zero-order valence-corrected chi connectivity index (χ0v) is 11.6. The highest BCUT2D eigenvalue weighted by atomic mass is 32.1. The van der Waals surface area contributed by atoms with Gasteiger partial charge in [-0.15, -0.1) is 11.3 Å². The van der Waals surface area contributed by atoms with Crippen molar-refractivity contribution in [3.8, 4) is 0 Å². The first-order valence-electron chi connectivity index (χ1n) is 6.70. The van der Waals surface area contributed by atoms with Crippen LogP contribution in [0.15, 0.2) is 17.5 Å². The van der Waals surface area contributed by atoms with Crippen LogP contribution < -0.4 is 5.32 Å². The minimum absolute atomic E-state index is 0.402. The van der Waals surface area contributed by atoms with Crippen LogP contribution in [0.2, 0.25) is 0 Å². The van der Waals surface area contributed by atoms with Gasteiger partial charge in [0.15, 0.2) is 0 Å². The molecule has 1 aromatic rings. The van der Waals surface area contributed by atoms with Crippen molar-refractivity contribution in [2.45, 2.75) is 57.8 Å². The number of rotatable bonds is 6. The number of ether oxygens (including phenoxy) is 1. The Labute approximate surface area is 108 Å². The third-order valence-electron chi connectivity index (χ3n) is 3.37. The molecular formula is C14H23NOS. The summed E-state index contributed by atoms with van der Waals surface area (Å²) in [6.45, 7) is 5.49. The van der Waals surface area contributed by atoms with Crippen LogP contribution in [0.5, 0.6) is 0 Å². The lowest BCUT2D eigenvalue weighted by Gasteiger charge is -2.24. The summed E-state index contributed by atoms with van der Waals surface area (Å²) in [7, 11) is 0. The van der Waals surface area contributed by atoms with Crippen molar-refractivity contribution in [1.29, 1.82) is 0 Å². The Bertz CT molecular complexity index is 312. The van der Waals surface area contributed by atoms with Gasteiger partial charge in [0.1, 0.15) is 0 Å². The average molecular weight is 253 g/mol. The molecular weight excluding hydrogens is 230 g/mol. The third kappa shape index (κ3) is 3.80. The summed E-state index contributed by atoms with van der Waals surface area (Å²) in [5, 5.41) is 5.81. The van der Waals surface area contributed by atoms with Gasteiger partial charge in [0, 0.05) is 10.9 Å². The Hall–Kier alpha value is -0.380. The molecule has 3 unspecified atom stereocenters. The standard InChI is InChI=1S/C14H23NOS/c1-3-8-15-13(10-12-5-4-9-17-12)14-7-6-11(2)16-14/h4-5,9,11,13-15H,3,6-8,10H2,1-2H3. The molecule has 17 heavy (non-hydrogen) atoms. The molecule has 2 nitrogen and oxygen atoms in total. The van der Waals surface area contributed by atoms with Gasteiger partial charge in [-0.05, 0) is 50.6 Å². The smallest absolute Gasteiger partial charge is 0.0736 e. The van der Waals surface area contributed by atoms with Crippen LogP contribution in [0.1, 0.15) is 38.0 Å². The van der Waals surface area contributed by atoms with Crippen molar-refractivity contribution in [2.24, 2.45) is 0 Å². The van der Waals surface area contributed by atoms with Crippen molar-refractivity contribution in [3.63, 3.8) is 0 Å². The highest BCUT2D eigenvalue weighted by Gasteiger charge is 2.29. The van der Waals surface area contributed by atoms with E-state index in [9.17, 15) is 0 Å². The molecule has 0 spiro atoms. The largest absolute Gasteiger partial charge is 0.374 e. The summed E-state index contributed by atoms with van der Waals surface area (Å²) in [6.07, 6.45) is 5.54. The first kappa shape index (κ1) is 13.1. The van der Waals surface area contributed by atoms with Gasteiger partial charge < -0.3 is 10.1 Å². The first-order chi connectivity index (χ1) is 8.29. The van der Waals surface area contributed by atoms with Gasteiger partial charge in [0.05, 0.1) is 12.2 Å². The van der Waals surface area contributed by atoms with Gasteiger partial charge in [0.2, 0.25) is 0 Å². The summed E-state index contributed by atoms with van der Waals surface area (Å²) in [6, 6.07) is 4.84. The molecule has 0 amide bonds. The molecule has 0 aromatic carbocycles. The normalized spacial score (nSPS) is 26.2. The summed E-state index contributed by atoms with van der Waals surface area (Å²) in [5.74, 6) is 0. The van der Waals surface area contributed by atoms with Crippen molar-refractivity contribution in [2.75, 3.05) is 6.54 Å². The van der Waals surface area contributed by atoms with E-state index in [-0.39, 0.29) is 0 Å². The van der Waals surface area contributed by atoms with Crippen LogP contribution in [-0.4, -0.2) is 24.8 Å². The topological polar surface area (TPSA) is 21.3 Å². The van der Waals surface area contributed by atoms with E-state index in [1.54, 1.807) is 0 Å². The highest BCUT2D eigenvalue weighted by molar-refractivity contribution is 7.09. The van der Waals surface area contributed by atoms with Crippen LogP contribution >= 0.6 is 11.3 Å². The number of hydrogen-bond donors (Lipinski definition) is 1. The fourth-order valence-corrected chi connectivity index (χ4v) is 3.20. The van der Waals surface area contributed by atoms with E-state index in [1.165, 1.54) is 24.1 Å². The van der Waals surface area contributed by atoms with Crippen LogP contribution in [-0.2, 0) is 11.2 Å². The van der Waals surface area contributed by atoms with Crippen molar-refractivity contribution in [3.05, 3.63) is 22.4 Å². The van der Waals surface area contributed by atoms with E-state index < -0.39 is 0 Å². The van der Waals surface area contributed by atoms with E-state index in [0.29, 0.717) is 18.2 Å². The SMILES string of the molecule is CCCNC(Cc1cccs1)C1CCC(C)O1. The lowest BCUT2D eigenvalue weighted by Crippen LogP contribution is -2.41. The molecule has 2 rings (SSSR count). The van der Waals surface area contributed by atoms with E-state index in [2.05, 4.69) is 36.7 Å². The highest BCUT2D eigenvalue weighted by Crippen LogP contribution is 2.24. The molecule has 3 atom stereocenters. The maximum atomic E-state index is 6.01. The molecule has 1 aromatic heterocycles. The predicted molar refractivity (Wildman–Crippen MR) is 73.7 cm³/mol. The summed E-state index contributed by atoms with van der Waals surface area (Å²) < 4.78 is 6.01. The fourth-order valence-electron chi connectivity index (χ4n) is 2.44. The number of hydrogen-bond acceptors (Lipinski definition) is 3. The van der Waals surface area contributed by atoms with Crippen LogP contribution in [0.3, 0.4) is 0 Å². The lowest BCUT2D eigenvalue weighted by molar-refractivity contribution is 0.0322. The van der Waals surface area contributed by atoms with Crippen LogP contribution in [0.25, 0.3) is 0 Å². The van der Waals surface area contributed by atoms with Crippen molar-refractivity contribution in [1.82, 2.24) is 5.32 Å². The predicted octanol–water partition coefficient (Wildman–Crippen LogP) is 3.23. The molecule has 1 N–H and O–H groups in total. The molecule has 2 heterocycles. The Morgan fingerprint density at radius 3 is 3.00 bits per heavy atom. The maximum Gasteiger partial charge on any atom is 0.0736 e. The molecule has 96 valence electrons. The summed E-state index contributed by atoms with van der Waals surface area (Å²) >= 11 is 1.85. The van der Waals surface area contributed by atoms with Crippen molar-refractivity contribution < 1.29 is 4.74 Å².